The second-order valence-electron chi connectivity index (χ2n) is 16.4. The molecule has 0 aliphatic heterocycles. The Labute approximate surface area is 346 Å². The summed E-state index contributed by atoms with van der Waals surface area (Å²) in [5.74, 6) is -1.25. The number of ether oxygens (including phenoxy) is 1. The highest BCUT2D eigenvalue weighted by Crippen LogP contribution is 2.18. The quantitative estimate of drug-likeness (QED) is 0.0364. The van der Waals surface area contributed by atoms with Crippen LogP contribution < -0.4 is 5.32 Å². The number of hydrogen-bond donors (Lipinski definition) is 2. The lowest BCUT2D eigenvalue weighted by molar-refractivity contribution is -0.150. The lowest BCUT2D eigenvalue weighted by Gasteiger charge is -2.18. The van der Waals surface area contributed by atoms with Gasteiger partial charge in [0.1, 0.15) is 12.6 Å². The van der Waals surface area contributed by atoms with Crippen LogP contribution in [0.15, 0.2) is 36.5 Å². The maximum absolute atomic E-state index is 12.8. The predicted octanol–water partition coefficient (Wildman–Crippen LogP) is 15.2. The van der Waals surface area contributed by atoms with Crippen molar-refractivity contribution in [2.45, 2.75) is 258 Å². The number of amides is 1. The maximum atomic E-state index is 12.8. The molecule has 0 aliphatic rings. The van der Waals surface area contributed by atoms with Crippen molar-refractivity contribution in [3.05, 3.63) is 36.5 Å². The molecule has 0 aromatic heterocycles. The number of carbonyl (C=O) groups is 3. The smallest absolute Gasteiger partial charge is 0.322 e. The number of aliphatic carboxylic acids is 1. The van der Waals surface area contributed by atoms with E-state index in [0.717, 1.165) is 77.0 Å². The minimum Gasteiger partial charge on any atom is -0.480 e. The molecule has 2 N–H and O–H groups in total. The van der Waals surface area contributed by atoms with Crippen LogP contribution in [0.25, 0.3) is 0 Å². The van der Waals surface area contributed by atoms with Gasteiger partial charge in [-0.1, -0.05) is 185 Å². The summed E-state index contributed by atoms with van der Waals surface area (Å²) < 4.78 is 6.03. The molecule has 0 rings (SSSR count). The number of carboxylic acids is 1. The highest BCUT2D eigenvalue weighted by atomic mass is 16.5. The Kier molecular flexibility index (Phi) is 43.4. The summed E-state index contributed by atoms with van der Waals surface area (Å²) in [4.78, 5) is 35.1. The molecule has 0 spiro atoms. The molecule has 0 aliphatic carbocycles. The normalized spacial score (nSPS) is 12.3. The molecule has 0 heterocycles. The third-order valence-electron chi connectivity index (χ3n) is 10.8. The summed E-state index contributed by atoms with van der Waals surface area (Å²) in [6, 6.07) is 0. The number of carbonyl (C=O) groups excluding carboxylic acids is 2. The van der Waals surface area contributed by atoms with Gasteiger partial charge in [0.15, 0.2) is 0 Å². The van der Waals surface area contributed by atoms with Crippen LogP contribution in [0, 0.1) is 0 Å². The van der Waals surface area contributed by atoms with E-state index in [9.17, 15) is 14.4 Å². The van der Waals surface area contributed by atoms with E-state index in [-0.39, 0.29) is 24.5 Å². The van der Waals surface area contributed by atoms with E-state index < -0.39 is 5.97 Å². The average Bonchev–Trinajstić information content (AvgIpc) is 3.18. The Morgan fingerprint density at radius 3 is 1.32 bits per heavy atom. The van der Waals surface area contributed by atoms with E-state index in [1.54, 1.807) is 0 Å². The van der Waals surface area contributed by atoms with Crippen molar-refractivity contribution >= 4 is 17.8 Å². The van der Waals surface area contributed by atoms with Gasteiger partial charge in [-0.25, -0.2) is 0 Å². The fraction of sp³-hybridized carbons (Fsp3) is 0.820. The largest absolute Gasteiger partial charge is 0.480 e. The molecule has 0 aromatic carbocycles. The number of allylic oxidation sites excluding steroid dienone is 6. The van der Waals surface area contributed by atoms with Gasteiger partial charge in [-0.2, -0.15) is 0 Å². The van der Waals surface area contributed by atoms with Crippen molar-refractivity contribution in [1.29, 1.82) is 0 Å². The Morgan fingerprint density at radius 2 is 0.839 bits per heavy atom. The molecule has 6 nitrogen and oxygen atoms in total. The van der Waals surface area contributed by atoms with Crippen molar-refractivity contribution < 1.29 is 24.2 Å². The lowest BCUT2D eigenvalue weighted by atomic mass is 10.0. The summed E-state index contributed by atoms with van der Waals surface area (Å²) in [6.07, 6.45) is 57.1. The zero-order valence-corrected chi connectivity index (χ0v) is 37.0. The van der Waals surface area contributed by atoms with Gasteiger partial charge in [0.2, 0.25) is 5.91 Å². The fourth-order valence-electron chi connectivity index (χ4n) is 7.19. The molecule has 6 heteroatoms. The molecule has 1 atom stereocenters. The fourth-order valence-corrected chi connectivity index (χ4v) is 7.19. The van der Waals surface area contributed by atoms with E-state index >= 15 is 0 Å². The van der Waals surface area contributed by atoms with Crippen LogP contribution in [-0.4, -0.2) is 35.6 Å². The van der Waals surface area contributed by atoms with Gasteiger partial charge < -0.3 is 15.2 Å². The van der Waals surface area contributed by atoms with E-state index in [1.807, 2.05) is 0 Å². The van der Waals surface area contributed by atoms with Gasteiger partial charge >= 0.3 is 11.9 Å². The van der Waals surface area contributed by atoms with Crippen molar-refractivity contribution in [2.24, 2.45) is 0 Å². The first-order valence-corrected chi connectivity index (χ1v) is 24.1. The Bertz CT molecular complexity index is 957. The van der Waals surface area contributed by atoms with Gasteiger partial charge in [0, 0.05) is 12.8 Å². The molecule has 0 saturated heterocycles. The Balaban J connectivity index is 4.12. The van der Waals surface area contributed by atoms with Gasteiger partial charge in [-0.15, -0.1) is 0 Å². The second kappa shape index (κ2) is 45.3. The summed E-state index contributed by atoms with van der Waals surface area (Å²) >= 11 is 0. The minimum atomic E-state index is -1.02. The molecule has 56 heavy (non-hydrogen) atoms. The Morgan fingerprint density at radius 1 is 0.464 bits per heavy atom. The molecule has 1 unspecified atom stereocenters. The topological polar surface area (TPSA) is 92.7 Å². The van der Waals surface area contributed by atoms with Crippen molar-refractivity contribution in [1.82, 2.24) is 5.32 Å². The van der Waals surface area contributed by atoms with E-state index in [4.69, 9.17) is 9.84 Å². The summed E-state index contributed by atoms with van der Waals surface area (Å²) in [5.41, 5.74) is 0. The van der Waals surface area contributed by atoms with Crippen molar-refractivity contribution in [3.8, 4) is 0 Å². The maximum Gasteiger partial charge on any atom is 0.322 e. The highest BCUT2D eigenvalue weighted by molar-refractivity contribution is 5.80. The molecule has 0 saturated carbocycles. The molecule has 326 valence electrons. The van der Waals surface area contributed by atoms with Crippen LogP contribution in [0.4, 0.5) is 0 Å². The summed E-state index contributed by atoms with van der Waals surface area (Å²) in [5, 5.41) is 11.1. The number of rotatable bonds is 44. The predicted molar refractivity (Wildman–Crippen MR) is 240 cm³/mol. The van der Waals surface area contributed by atoms with Gasteiger partial charge in [-0.05, 0) is 89.9 Å². The van der Waals surface area contributed by atoms with Crippen LogP contribution >= 0.6 is 0 Å². The average molecular weight is 786 g/mol. The van der Waals surface area contributed by atoms with Crippen molar-refractivity contribution in [2.75, 3.05) is 6.54 Å². The number of esters is 1. The first-order valence-electron chi connectivity index (χ1n) is 24.1. The summed E-state index contributed by atoms with van der Waals surface area (Å²) in [6.45, 7) is 4.23. The Hall–Kier alpha value is -2.37. The second-order valence-corrected chi connectivity index (χ2v) is 16.4. The standard InChI is InChI=1S/C50H91NO5/c1-3-5-7-9-11-13-15-17-18-19-20-21-22-23-24-26-28-30-32-37-41-45-50(55)56-47(43-39-35-33-36-40-44-48(52)51-46-49(53)54)42-38-34-31-29-27-25-16-14-12-10-8-6-4-2/h15,17,19-20,29,31,47H,3-14,16,18,21-28,30,32-46H2,1-2H3,(H,51,52)(H,53,54)/b17-15-,20-19-,31-29-. The van der Waals surface area contributed by atoms with Crippen LogP contribution in [0.3, 0.4) is 0 Å². The third-order valence-corrected chi connectivity index (χ3v) is 10.8. The molecule has 1 amide bonds. The molecule has 0 bridgehead atoms. The monoisotopic (exact) mass is 786 g/mol. The van der Waals surface area contributed by atoms with Crippen molar-refractivity contribution in [3.63, 3.8) is 0 Å². The first kappa shape index (κ1) is 53.6. The molecular formula is C50H91NO5. The summed E-state index contributed by atoms with van der Waals surface area (Å²) in [7, 11) is 0. The van der Waals surface area contributed by atoms with Crippen LogP contribution in [0.1, 0.15) is 251 Å². The zero-order valence-electron chi connectivity index (χ0n) is 37.0. The van der Waals surface area contributed by atoms with Gasteiger partial charge in [-0.3, -0.25) is 14.4 Å². The molecule has 0 aromatic rings. The lowest BCUT2D eigenvalue weighted by Crippen LogP contribution is -2.28. The molecular weight excluding hydrogens is 695 g/mol. The SMILES string of the molecule is CCCCCCC/C=C\C/C=C\CCCCCCCCCCCC(=O)OC(CCC/C=C\CCCCCCCCCC)CCCCCCCC(=O)NCC(=O)O. The van der Waals surface area contributed by atoms with E-state index in [1.165, 1.54) is 148 Å². The number of carboxylic acid groups (broad SMARTS) is 1. The van der Waals surface area contributed by atoms with Crippen LogP contribution in [0.5, 0.6) is 0 Å². The number of hydrogen-bond acceptors (Lipinski definition) is 4. The zero-order chi connectivity index (χ0) is 40.8. The van der Waals surface area contributed by atoms with Crippen LogP contribution in [0.2, 0.25) is 0 Å². The van der Waals surface area contributed by atoms with Crippen LogP contribution in [-0.2, 0) is 19.1 Å². The number of unbranched alkanes of at least 4 members (excludes halogenated alkanes) is 27. The number of nitrogens with one attached hydrogen (secondary N) is 1. The first-order chi connectivity index (χ1) is 27.5. The molecule has 0 fully saturated rings. The van der Waals surface area contributed by atoms with E-state index in [0.29, 0.717) is 12.8 Å². The van der Waals surface area contributed by atoms with E-state index in [2.05, 4.69) is 55.6 Å². The minimum absolute atomic E-state index is 0.00682. The molecule has 0 radical (unpaired) electrons. The highest BCUT2D eigenvalue weighted by Gasteiger charge is 2.14. The van der Waals surface area contributed by atoms with Gasteiger partial charge in [0.25, 0.3) is 0 Å². The van der Waals surface area contributed by atoms with Gasteiger partial charge in [0.05, 0.1) is 0 Å². The third kappa shape index (κ3) is 44.3.